The molecule has 0 heterocycles. The molecule has 0 saturated heterocycles. The quantitative estimate of drug-likeness (QED) is 0.779. The van der Waals surface area contributed by atoms with E-state index in [9.17, 15) is 14.0 Å². The van der Waals surface area contributed by atoms with E-state index in [-0.39, 0.29) is 30.0 Å². The van der Waals surface area contributed by atoms with Crippen LogP contribution in [0.1, 0.15) is 45.0 Å². The van der Waals surface area contributed by atoms with Crippen LogP contribution >= 0.6 is 0 Å². The van der Waals surface area contributed by atoms with Gasteiger partial charge in [-0.3, -0.25) is 9.59 Å². The molecule has 0 spiro atoms. The molecule has 0 fully saturated rings. The van der Waals surface area contributed by atoms with Crippen molar-refractivity contribution in [2.24, 2.45) is 11.3 Å². The van der Waals surface area contributed by atoms with Crippen molar-refractivity contribution in [1.29, 1.82) is 0 Å². The Morgan fingerprint density at radius 3 is 2.39 bits per heavy atom. The lowest BCUT2D eigenvalue weighted by atomic mass is 9.95. The number of hydrogen-bond acceptors (Lipinski definition) is 3. The first kappa shape index (κ1) is 19.1. The summed E-state index contributed by atoms with van der Waals surface area (Å²) in [4.78, 5) is 24.2. The molecule has 0 radical (unpaired) electrons. The molecule has 2 amide bonds. The highest BCUT2D eigenvalue weighted by Crippen LogP contribution is 2.20. The maximum absolute atomic E-state index is 13.9. The molecular formula is C17H25FN2O3. The zero-order chi connectivity index (χ0) is 17.8. The molecule has 0 aromatic heterocycles. The summed E-state index contributed by atoms with van der Waals surface area (Å²) in [6.45, 7) is 8.72. The highest BCUT2D eigenvalue weighted by molar-refractivity contribution is 5.98. The van der Waals surface area contributed by atoms with Crippen LogP contribution in [-0.2, 0) is 4.79 Å². The Morgan fingerprint density at radius 1 is 1.26 bits per heavy atom. The third-order valence-corrected chi connectivity index (χ3v) is 3.65. The minimum absolute atomic E-state index is 0.0778. The number of aliphatic hydroxyl groups excluding tert-OH is 1. The number of carbonyl (C=O) groups excluding carboxylic acids is 2. The highest BCUT2D eigenvalue weighted by Gasteiger charge is 2.22. The van der Waals surface area contributed by atoms with Gasteiger partial charge in [0.05, 0.1) is 5.56 Å². The fourth-order valence-electron chi connectivity index (χ4n) is 1.68. The Balaban J connectivity index is 2.93. The van der Waals surface area contributed by atoms with E-state index in [1.807, 2.05) is 0 Å². The van der Waals surface area contributed by atoms with Gasteiger partial charge in [0.2, 0.25) is 5.91 Å². The molecule has 1 aromatic carbocycles. The summed E-state index contributed by atoms with van der Waals surface area (Å²) < 4.78 is 13.9. The second-order valence-electron chi connectivity index (χ2n) is 6.82. The van der Waals surface area contributed by atoms with E-state index in [1.54, 1.807) is 34.6 Å². The Morgan fingerprint density at radius 2 is 1.87 bits per heavy atom. The fourth-order valence-corrected chi connectivity index (χ4v) is 1.68. The number of rotatable bonds is 5. The molecule has 0 aliphatic carbocycles. The van der Waals surface area contributed by atoms with Crippen LogP contribution in [0.2, 0.25) is 0 Å². The Labute approximate surface area is 136 Å². The summed E-state index contributed by atoms with van der Waals surface area (Å²) >= 11 is 0. The van der Waals surface area contributed by atoms with Crippen LogP contribution in [0.15, 0.2) is 18.2 Å². The largest absolute Gasteiger partial charge is 0.396 e. The Kier molecular flexibility index (Phi) is 6.27. The molecule has 0 bridgehead atoms. The highest BCUT2D eigenvalue weighted by atomic mass is 19.1. The molecule has 2 unspecified atom stereocenters. The third kappa shape index (κ3) is 5.32. The standard InChI is InChI=1S/C17H25FN2O3/c1-10(9-21)11(2)19-15(22)13-8-12(6-7-14(13)18)20-16(23)17(3,4)5/h6-8,10-11,21H,9H2,1-5H3,(H,19,22)(H,20,23). The van der Waals surface area contributed by atoms with Gasteiger partial charge >= 0.3 is 0 Å². The number of aliphatic hydroxyl groups is 1. The first-order chi connectivity index (χ1) is 10.6. The van der Waals surface area contributed by atoms with Gasteiger partial charge in [0.25, 0.3) is 5.91 Å². The van der Waals surface area contributed by atoms with Crippen molar-refractivity contribution in [2.45, 2.75) is 40.7 Å². The van der Waals surface area contributed by atoms with Crippen molar-refractivity contribution in [3.05, 3.63) is 29.6 Å². The van der Waals surface area contributed by atoms with Gasteiger partial charge in [0.15, 0.2) is 0 Å². The fraction of sp³-hybridized carbons (Fsp3) is 0.529. The van der Waals surface area contributed by atoms with Gasteiger partial charge < -0.3 is 15.7 Å². The maximum atomic E-state index is 13.9. The van der Waals surface area contributed by atoms with Crippen LogP contribution in [0, 0.1) is 17.2 Å². The summed E-state index contributed by atoms with van der Waals surface area (Å²) in [5, 5.41) is 14.4. The SMILES string of the molecule is CC(CO)C(C)NC(=O)c1cc(NC(=O)C(C)(C)C)ccc1F. The predicted molar refractivity (Wildman–Crippen MR) is 87.7 cm³/mol. The van der Waals surface area contributed by atoms with Crippen molar-refractivity contribution >= 4 is 17.5 Å². The number of hydrogen-bond donors (Lipinski definition) is 3. The van der Waals surface area contributed by atoms with Gasteiger partial charge in [-0.15, -0.1) is 0 Å². The minimum atomic E-state index is -0.667. The Bertz CT molecular complexity index is 582. The summed E-state index contributed by atoms with van der Waals surface area (Å²) in [7, 11) is 0. The van der Waals surface area contributed by atoms with Crippen molar-refractivity contribution < 1.29 is 19.1 Å². The molecule has 0 saturated carbocycles. The van der Waals surface area contributed by atoms with Gasteiger partial charge in [-0.2, -0.15) is 0 Å². The number of amides is 2. The summed E-state index contributed by atoms with van der Waals surface area (Å²) in [5.74, 6) is -1.62. The smallest absolute Gasteiger partial charge is 0.254 e. The number of carbonyl (C=O) groups is 2. The van der Waals surface area contributed by atoms with Crippen molar-refractivity contribution in [3.63, 3.8) is 0 Å². The average Bonchev–Trinajstić information content (AvgIpc) is 2.46. The molecule has 3 N–H and O–H groups in total. The second kappa shape index (κ2) is 7.55. The van der Waals surface area contributed by atoms with Crippen molar-refractivity contribution in [3.8, 4) is 0 Å². The molecule has 1 aromatic rings. The third-order valence-electron chi connectivity index (χ3n) is 3.65. The molecular weight excluding hydrogens is 299 g/mol. The van der Waals surface area contributed by atoms with Gasteiger partial charge in [-0.05, 0) is 31.0 Å². The van der Waals surface area contributed by atoms with E-state index in [0.717, 1.165) is 6.07 Å². The predicted octanol–water partition coefficient (Wildman–Crippen LogP) is 2.56. The minimum Gasteiger partial charge on any atom is -0.396 e. The monoisotopic (exact) mass is 324 g/mol. The van der Waals surface area contributed by atoms with Crippen LogP contribution in [-0.4, -0.2) is 29.6 Å². The van der Waals surface area contributed by atoms with E-state index >= 15 is 0 Å². The zero-order valence-corrected chi connectivity index (χ0v) is 14.2. The molecule has 6 heteroatoms. The van der Waals surface area contributed by atoms with Gasteiger partial charge in [0, 0.05) is 23.8 Å². The zero-order valence-electron chi connectivity index (χ0n) is 14.2. The summed E-state index contributed by atoms with van der Waals surface area (Å²) in [6.07, 6.45) is 0. The maximum Gasteiger partial charge on any atom is 0.254 e. The average molecular weight is 324 g/mol. The molecule has 0 aliphatic heterocycles. The first-order valence-electron chi connectivity index (χ1n) is 7.59. The lowest BCUT2D eigenvalue weighted by Crippen LogP contribution is -2.38. The first-order valence-corrected chi connectivity index (χ1v) is 7.59. The van der Waals surface area contributed by atoms with E-state index in [4.69, 9.17) is 5.11 Å². The summed E-state index contributed by atoms with van der Waals surface area (Å²) in [6, 6.07) is 3.56. The number of anilines is 1. The molecule has 128 valence electrons. The van der Waals surface area contributed by atoms with Crippen LogP contribution in [0.25, 0.3) is 0 Å². The van der Waals surface area contributed by atoms with E-state index < -0.39 is 17.1 Å². The topological polar surface area (TPSA) is 78.4 Å². The Hall–Kier alpha value is -1.95. The van der Waals surface area contributed by atoms with Gasteiger partial charge in [-0.1, -0.05) is 27.7 Å². The van der Waals surface area contributed by atoms with Crippen LogP contribution in [0.4, 0.5) is 10.1 Å². The van der Waals surface area contributed by atoms with Crippen LogP contribution < -0.4 is 10.6 Å². The van der Waals surface area contributed by atoms with E-state index in [2.05, 4.69) is 10.6 Å². The number of nitrogens with one attached hydrogen (secondary N) is 2. The molecule has 2 atom stereocenters. The van der Waals surface area contributed by atoms with Crippen molar-refractivity contribution in [2.75, 3.05) is 11.9 Å². The normalized spacial score (nSPS) is 14.0. The molecule has 23 heavy (non-hydrogen) atoms. The number of halogens is 1. The van der Waals surface area contributed by atoms with Crippen LogP contribution in [0.3, 0.4) is 0 Å². The lowest BCUT2D eigenvalue weighted by Gasteiger charge is -2.20. The lowest BCUT2D eigenvalue weighted by molar-refractivity contribution is -0.123. The molecule has 1 rings (SSSR count). The van der Waals surface area contributed by atoms with Gasteiger partial charge in [0.1, 0.15) is 5.82 Å². The van der Waals surface area contributed by atoms with E-state index in [0.29, 0.717) is 5.69 Å². The van der Waals surface area contributed by atoms with Gasteiger partial charge in [-0.25, -0.2) is 4.39 Å². The molecule has 5 nitrogen and oxygen atoms in total. The van der Waals surface area contributed by atoms with Crippen molar-refractivity contribution in [1.82, 2.24) is 5.32 Å². The molecule has 0 aliphatic rings. The van der Waals surface area contributed by atoms with Crippen LogP contribution in [0.5, 0.6) is 0 Å². The second-order valence-corrected chi connectivity index (χ2v) is 6.82. The number of benzene rings is 1. The van der Waals surface area contributed by atoms with E-state index in [1.165, 1.54) is 12.1 Å². The summed E-state index contributed by atoms with van der Waals surface area (Å²) in [5.41, 5.74) is -0.380.